The minimum absolute atomic E-state index is 0.118. The molecule has 1 N–H and O–H groups in total. The lowest BCUT2D eigenvalue weighted by atomic mass is 9.39. The molecule has 7 nitrogen and oxygen atoms in total. The van der Waals surface area contributed by atoms with Crippen molar-refractivity contribution in [3.8, 4) is 11.5 Å². The molecular weight excluding hydrogens is 425 g/mol. The van der Waals surface area contributed by atoms with Crippen molar-refractivity contribution in [3.05, 3.63) is 71.1 Å². The number of rotatable bonds is 8. The largest absolute Gasteiger partial charge is 0.485 e. The van der Waals surface area contributed by atoms with Gasteiger partial charge in [0.25, 0.3) is 5.91 Å². The monoisotopic (exact) mass is 443 g/mol. The Labute approximate surface area is 182 Å². The van der Waals surface area contributed by atoms with E-state index in [1.54, 1.807) is 24.3 Å². The number of amides is 1. The summed E-state index contributed by atoms with van der Waals surface area (Å²) in [6.07, 6.45) is 2.26. The molecule has 0 aliphatic heterocycles. The van der Waals surface area contributed by atoms with Crippen LogP contribution in [0.2, 0.25) is 5.02 Å². The van der Waals surface area contributed by atoms with Crippen molar-refractivity contribution in [2.75, 3.05) is 6.61 Å². The third kappa shape index (κ3) is 3.95. The van der Waals surface area contributed by atoms with Gasteiger partial charge in [0.2, 0.25) is 11.7 Å². The summed E-state index contributed by atoms with van der Waals surface area (Å²) in [7, 11) is 0. The van der Waals surface area contributed by atoms with E-state index in [1.165, 1.54) is 24.3 Å². The molecule has 160 valence electrons. The van der Waals surface area contributed by atoms with Crippen LogP contribution in [0.25, 0.3) is 0 Å². The zero-order valence-corrected chi connectivity index (χ0v) is 17.2. The second-order valence-electron chi connectivity index (χ2n) is 8.14. The molecule has 0 atom stereocenters. The van der Waals surface area contributed by atoms with Gasteiger partial charge < -0.3 is 19.3 Å². The van der Waals surface area contributed by atoms with Crippen molar-refractivity contribution < 1.29 is 23.2 Å². The van der Waals surface area contributed by atoms with E-state index in [1.807, 2.05) is 0 Å². The highest BCUT2D eigenvalue weighted by atomic mass is 35.5. The molecule has 2 aromatic carbocycles. The van der Waals surface area contributed by atoms with Gasteiger partial charge in [-0.15, -0.1) is 0 Å². The molecule has 2 bridgehead atoms. The first-order valence-corrected chi connectivity index (χ1v) is 10.2. The number of ether oxygens (including phenoxy) is 2. The number of benzene rings is 2. The van der Waals surface area contributed by atoms with Crippen molar-refractivity contribution in [2.45, 2.75) is 36.8 Å². The summed E-state index contributed by atoms with van der Waals surface area (Å²) in [5.74, 6) is 1.62. The topological polar surface area (TPSA) is 86.5 Å². The van der Waals surface area contributed by atoms with Gasteiger partial charge in [0, 0.05) is 10.6 Å². The molecule has 1 aromatic heterocycles. The normalized spacial score (nSPS) is 23.4. The number of hydrogen-bond acceptors (Lipinski definition) is 6. The number of carbonyl (C=O) groups excluding carboxylic acids is 1. The maximum absolute atomic E-state index is 12.9. The van der Waals surface area contributed by atoms with Gasteiger partial charge in [0.05, 0.1) is 5.41 Å². The molecule has 3 saturated carbocycles. The fraction of sp³-hybridized carbons (Fsp3) is 0.318. The predicted molar refractivity (Wildman–Crippen MR) is 108 cm³/mol. The summed E-state index contributed by atoms with van der Waals surface area (Å²) < 4.78 is 29.4. The first-order valence-electron chi connectivity index (χ1n) is 9.85. The third-order valence-corrected chi connectivity index (χ3v) is 5.97. The van der Waals surface area contributed by atoms with E-state index >= 15 is 0 Å². The number of halogens is 2. The van der Waals surface area contributed by atoms with Crippen LogP contribution in [0.5, 0.6) is 11.5 Å². The summed E-state index contributed by atoms with van der Waals surface area (Å²) >= 11 is 5.86. The predicted octanol–water partition coefficient (Wildman–Crippen LogP) is 3.81. The second kappa shape index (κ2) is 7.53. The zero-order valence-electron chi connectivity index (χ0n) is 16.4. The quantitative estimate of drug-likeness (QED) is 0.569. The van der Waals surface area contributed by atoms with Gasteiger partial charge in [-0.3, -0.25) is 4.79 Å². The molecular formula is C22H19ClFN3O4. The summed E-state index contributed by atoms with van der Waals surface area (Å²) in [4.78, 5) is 16.7. The average molecular weight is 444 g/mol. The maximum atomic E-state index is 12.9. The fourth-order valence-corrected chi connectivity index (χ4v) is 4.49. The lowest BCUT2D eigenvalue weighted by molar-refractivity contribution is -0.143. The van der Waals surface area contributed by atoms with Crippen LogP contribution in [0, 0.1) is 5.82 Å². The zero-order chi connectivity index (χ0) is 21.5. The minimum atomic E-state index is -0.350. The van der Waals surface area contributed by atoms with E-state index in [0.29, 0.717) is 28.2 Å². The Morgan fingerprint density at radius 3 is 2.42 bits per heavy atom. The molecule has 31 heavy (non-hydrogen) atoms. The fourth-order valence-electron chi connectivity index (χ4n) is 4.37. The average Bonchev–Trinajstić information content (AvgIpc) is 3.17. The van der Waals surface area contributed by atoms with Crippen LogP contribution in [0.15, 0.2) is 53.1 Å². The van der Waals surface area contributed by atoms with Crippen LogP contribution in [0.3, 0.4) is 0 Å². The number of aromatic nitrogens is 2. The van der Waals surface area contributed by atoms with Gasteiger partial charge in [0.15, 0.2) is 13.2 Å². The van der Waals surface area contributed by atoms with Crippen molar-refractivity contribution >= 4 is 17.5 Å². The van der Waals surface area contributed by atoms with Crippen molar-refractivity contribution in [1.29, 1.82) is 0 Å². The molecule has 9 heteroatoms. The molecule has 1 heterocycles. The van der Waals surface area contributed by atoms with Crippen LogP contribution in [0.4, 0.5) is 4.39 Å². The van der Waals surface area contributed by atoms with Crippen LogP contribution in [0.1, 0.15) is 31.0 Å². The van der Waals surface area contributed by atoms with Gasteiger partial charge in [-0.1, -0.05) is 16.8 Å². The lowest BCUT2D eigenvalue weighted by Gasteiger charge is -2.68. The summed E-state index contributed by atoms with van der Waals surface area (Å²) in [6, 6.07) is 12.6. The Morgan fingerprint density at radius 2 is 1.71 bits per heavy atom. The molecule has 3 aliphatic rings. The highest BCUT2D eigenvalue weighted by Crippen LogP contribution is 2.67. The Morgan fingerprint density at radius 1 is 1.06 bits per heavy atom. The van der Waals surface area contributed by atoms with Gasteiger partial charge in [-0.05, 0) is 67.8 Å². The van der Waals surface area contributed by atoms with Crippen LogP contribution in [-0.2, 0) is 16.8 Å². The number of nitrogens with one attached hydrogen (secondary N) is 1. The highest BCUT2D eigenvalue weighted by Gasteiger charge is 2.71. The molecule has 3 fully saturated rings. The number of nitrogens with zero attached hydrogens (tertiary/aromatic N) is 2. The Kier molecular flexibility index (Phi) is 4.81. The first-order chi connectivity index (χ1) is 14.9. The first kappa shape index (κ1) is 19.8. The molecule has 3 aliphatic carbocycles. The van der Waals surface area contributed by atoms with Gasteiger partial charge in [-0.25, -0.2) is 4.39 Å². The van der Waals surface area contributed by atoms with Crippen LogP contribution < -0.4 is 14.8 Å². The smallest absolute Gasteiger partial charge is 0.258 e. The standard InChI is InChI=1S/C22H19ClFN3O4/c23-14-1-5-16(6-2-14)29-9-18-25-20(31-27-18)21-11-22(12-21,13-21)26-19(28)10-30-17-7-3-15(24)4-8-17/h1-8H,9-13H2,(H,26,28). The third-order valence-electron chi connectivity index (χ3n) is 5.72. The van der Waals surface area contributed by atoms with Crippen molar-refractivity contribution in [3.63, 3.8) is 0 Å². The highest BCUT2D eigenvalue weighted by molar-refractivity contribution is 6.30. The summed E-state index contributed by atoms with van der Waals surface area (Å²) in [5, 5.41) is 7.67. The van der Waals surface area contributed by atoms with E-state index < -0.39 is 0 Å². The molecule has 0 radical (unpaired) electrons. The molecule has 0 saturated heterocycles. The van der Waals surface area contributed by atoms with E-state index in [0.717, 1.165) is 19.3 Å². The van der Waals surface area contributed by atoms with Gasteiger partial charge in [-0.2, -0.15) is 4.98 Å². The van der Waals surface area contributed by atoms with Crippen molar-refractivity contribution in [2.24, 2.45) is 0 Å². The maximum Gasteiger partial charge on any atom is 0.258 e. The SMILES string of the molecule is O=C(COc1ccc(F)cc1)NC12CC(c3nc(COc4ccc(Cl)cc4)no3)(C1)C2. The summed E-state index contributed by atoms with van der Waals surface area (Å²) in [6.45, 7) is 0.0803. The van der Waals surface area contributed by atoms with Crippen LogP contribution in [-0.4, -0.2) is 28.2 Å². The summed E-state index contributed by atoms with van der Waals surface area (Å²) in [5.41, 5.74) is -0.408. The van der Waals surface area contributed by atoms with E-state index in [-0.39, 0.29) is 35.9 Å². The van der Waals surface area contributed by atoms with E-state index in [9.17, 15) is 9.18 Å². The van der Waals surface area contributed by atoms with E-state index in [4.69, 9.17) is 25.6 Å². The number of hydrogen-bond donors (Lipinski definition) is 1. The molecule has 0 spiro atoms. The Bertz CT molecular complexity index is 1080. The Hall–Kier alpha value is -3.13. The van der Waals surface area contributed by atoms with Gasteiger partial charge in [0.1, 0.15) is 17.3 Å². The number of carbonyl (C=O) groups is 1. The minimum Gasteiger partial charge on any atom is -0.485 e. The lowest BCUT2D eigenvalue weighted by Crippen LogP contribution is -2.77. The van der Waals surface area contributed by atoms with E-state index in [2.05, 4.69) is 15.5 Å². The molecule has 3 aromatic rings. The van der Waals surface area contributed by atoms with Crippen molar-refractivity contribution in [1.82, 2.24) is 15.5 Å². The molecule has 0 unspecified atom stereocenters. The van der Waals surface area contributed by atoms with Crippen LogP contribution >= 0.6 is 11.6 Å². The van der Waals surface area contributed by atoms with Gasteiger partial charge >= 0.3 is 0 Å². The molecule has 6 rings (SSSR count). The molecule has 1 amide bonds. The second-order valence-corrected chi connectivity index (χ2v) is 8.58. The Balaban J connectivity index is 1.09.